The number of aromatic nitrogens is 3. The van der Waals surface area contributed by atoms with Crippen LogP contribution in [-0.4, -0.2) is 57.2 Å². The van der Waals surface area contributed by atoms with E-state index < -0.39 is 11.7 Å². The van der Waals surface area contributed by atoms with Gasteiger partial charge in [0.1, 0.15) is 11.6 Å². The molecule has 3 heterocycles. The normalized spacial score (nSPS) is 25.6. The van der Waals surface area contributed by atoms with Gasteiger partial charge in [0.15, 0.2) is 0 Å². The zero-order valence-electron chi connectivity index (χ0n) is 18.9. The molecule has 0 radical (unpaired) electrons. The van der Waals surface area contributed by atoms with Crippen molar-refractivity contribution in [3.05, 3.63) is 47.0 Å². The molecule has 9 heteroatoms. The van der Waals surface area contributed by atoms with Gasteiger partial charge < -0.3 is 14.8 Å². The number of carbonyl (C=O) groups excluding carboxylic acids is 1. The van der Waals surface area contributed by atoms with E-state index in [1.54, 1.807) is 12.1 Å². The van der Waals surface area contributed by atoms with E-state index in [-0.39, 0.29) is 16.9 Å². The average Bonchev–Trinajstić information content (AvgIpc) is 3.41. The van der Waals surface area contributed by atoms with Crippen LogP contribution in [0.5, 0.6) is 0 Å². The second kappa shape index (κ2) is 6.76. The Morgan fingerprint density at radius 2 is 1.32 bits per heavy atom. The largest absolute Gasteiger partial charge is 0.416 e. The van der Waals surface area contributed by atoms with Crippen molar-refractivity contribution in [1.29, 1.82) is 0 Å². The summed E-state index contributed by atoms with van der Waals surface area (Å²) < 4.78 is 38.3. The lowest BCUT2D eigenvalue weighted by Gasteiger charge is -2.63. The number of H-pyrrole nitrogens is 1. The summed E-state index contributed by atoms with van der Waals surface area (Å²) in [5, 5.41) is 8.66. The van der Waals surface area contributed by atoms with Gasteiger partial charge in [0.05, 0.1) is 5.56 Å². The first-order valence-corrected chi connectivity index (χ1v) is 12.3. The average molecular weight is 472 g/mol. The van der Waals surface area contributed by atoms with Crippen molar-refractivity contribution in [3.8, 4) is 0 Å². The van der Waals surface area contributed by atoms with Gasteiger partial charge in [-0.1, -0.05) is 12.1 Å². The van der Waals surface area contributed by atoms with Crippen molar-refractivity contribution in [2.45, 2.75) is 62.5 Å². The monoisotopic (exact) mass is 471 g/mol. The van der Waals surface area contributed by atoms with E-state index in [9.17, 15) is 18.0 Å². The third-order valence-electron chi connectivity index (χ3n) is 8.95. The van der Waals surface area contributed by atoms with E-state index in [1.807, 2.05) is 9.80 Å². The number of carbonyl (C=O) groups is 1. The molecule has 2 saturated heterocycles. The van der Waals surface area contributed by atoms with Gasteiger partial charge in [-0.15, -0.1) is 10.2 Å². The topological polar surface area (TPSA) is 65.1 Å². The highest BCUT2D eigenvalue weighted by atomic mass is 19.4. The molecule has 0 unspecified atom stereocenters. The molecule has 2 amide bonds. The maximum Gasteiger partial charge on any atom is 0.416 e. The van der Waals surface area contributed by atoms with Crippen molar-refractivity contribution < 1.29 is 18.0 Å². The highest BCUT2D eigenvalue weighted by molar-refractivity contribution is 5.77. The zero-order chi connectivity index (χ0) is 23.3. The van der Waals surface area contributed by atoms with Crippen molar-refractivity contribution in [2.24, 2.45) is 10.8 Å². The molecule has 5 fully saturated rings. The molecular formula is C25H28F3N5O. The summed E-state index contributed by atoms with van der Waals surface area (Å²) in [5.74, 6) is 3.41. The summed E-state index contributed by atoms with van der Waals surface area (Å²) in [6.07, 6.45) is 2.20. The molecule has 1 aromatic carbocycles. The molecule has 1 N–H and O–H groups in total. The second-order valence-electron chi connectivity index (χ2n) is 11.7. The molecule has 3 saturated carbocycles. The summed E-state index contributed by atoms with van der Waals surface area (Å²) in [7, 11) is 0. The van der Waals surface area contributed by atoms with Crippen LogP contribution in [0, 0.1) is 10.8 Å². The van der Waals surface area contributed by atoms with Gasteiger partial charge in [-0.05, 0) is 62.1 Å². The molecule has 3 aliphatic carbocycles. The lowest BCUT2D eigenvalue weighted by atomic mass is 9.56. The van der Waals surface area contributed by atoms with Crippen LogP contribution < -0.4 is 0 Å². The third-order valence-corrected chi connectivity index (χ3v) is 8.95. The molecule has 2 aliphatic heterocycles. The lowest BCUT2D eigenvalue weighted by Crippen LogP contribution is -2.70. The predicted molar refractivity (Wildman–Crippen MR) is 117 cm³/mol. The Kier molecular flexibility index (Phi) is 4.13. The first kappa shape index (κ1) is 20.8. The number of amides is 2. The number of nitrogens with zero attached hydrogens (tertiary/aromatic N) is 4. The van der Waals surface area contributed by atoms with E-state index in [1.165, 1.54) is 25.0 Å². The standard InChI is InChI=1S/C25H28F3N5O/c26-25(27,28)19-5-3-15(4-6-19)17-7-23(8-17)11-32(12-23)22(34)33-13-24(14-33)9-18(10-24)21-29-20(30-31-21)16-1-2-16/h3-6,16-18H,1-2,7-14H2,(H,29,30,31). The van der Waals surface area contributed by atoms with Crippen LogP contribution in [0.25, 0.3) is 0 Å². The van der Waals surface area contributed by atoms with Gasteiger partial charge >= 0.3 is 12.2 Å². The highest BCUT2D eigenvalue weighted by Crippen LogP contribution is 2.58. The molecule has 6 nitrogen and oxygen atoms in total. The van der Waals surface area contributed by atoms with Crippen LogP contribution in [0.4, 0.5) is 18.0 Å². The van der Waals surface area contributed by atoms with Crippen LogP contribution in [0.1, 0.15) is 79.1 Å². The molecule has 34 heavy (non-hydrogen) atoms. The SMILES string of the molecule is O=C(N1CC2(CC(c3ccc(C(F)(F)F)cc3)C2)C1)N1CC2(CC(c3nnc(C4CC4)[nH]3)C2)C1. The summed E-state index contributed by atoms with van der Waals surface area (Å²) in [6.45, 7) is 3.22. The number of nitrogens with one attached hydrogen (secondary N) is 1. The quantitative estimate of drug-likeness (QED) is 0.694. The Bertz CT molecular complexity index is 1110. The van der Waals surface area contributed by atoms with Gasteiger partial charge in [-0.3, -0.25) is 0 Å². The third kappa shape index (κ3) is 3.26. The van der Waals surface area contributed by atoms with Gasteiger partial charge in [0.25, 0.3) is 0 Å². The van der Waals surface area contributed by atoms with Gasteiger partial charge in [-0.25, -0.2) is 4.79 Å². The minimum atomic E-state index is -4.29. The van der Waals surface area contributed by atoms with Gasteiger partial charge in [0.2, 0.25) is 0 Å². The van der Waals surface area contributed by atoms with Gasteiger partial charge in [0, 0.05) is 48.8 Å². The summed E-state index contributed by atoms with van der Waals surface area (Å²) in [5.41, 5.74) is 0.807. The molecule has 0 atom stereocenters. The van der Waals surface area contributed by atoms with Crippen LogP contribution in [0.2, 0.25) is 0 Å². The Morgan fingerprint density at radius 3 is 1.82 bits per heavy atom. The second-order valence-corrected chi connectivity index (χ2v) is 11.7. The number of alkyl halides is 3. The lowest BCUT2D eigenvalue weighted by molar-refractivity contribution is -0.137. The number of benzene rings is 1. The molecule has 180 valence electrons. The molecule has 0 bridgehead atoms. The van der Waals surface area contributed by atoms with Crippen LogP contribution in [-0.2, 0) is 6.18 Å². The zero-order valence-corrected chi connectivity index (χ0v) is 18.9. The van der Waals surface area contributed by atoms with E-state index in [0.29, 0.717) is 17.8 Å². The van der Waals surface area contributed by atoms with E-state index in [4.69, 9.17) is 0 Å². The van der Waals surface area contributed by atoms with Crippen molar-refractivity contribution >= 4 is 6.03 Å². The summed E-state index contributed by atoms with van der Waals surface area (Å²) in [6, 6.07) is 5.72. The van der Waals surface area contributed by atoms with Crippen LogP contribution in [0.15, 0.2) is 24.3 Å². The van der Waals surface area contributed by atoms with Crippen LogP contribution in [0.3, 0.4) is 0 Å². The molecular weight excluding hydrogens is 443 g/mol. The molecule has 2 aromatic rings. The summed E-state index contributed by atoms with van der Waals surface area (Å²) >= 11 is 0. The summed E-state index contributed by atoms with van der Waals surface area (Å²) in [4.78, 5) is 20.2. The highest BCUT2D eigenvalue weighted by Gasteiger charge is 2.59. The smallest absolute Gasteiger partial charge is 0.328 e. The maximum absolute atomic E-state index is 12.9. The number of hydrogen-bond acceptors (Lipinski definition) is 3. The maximum atomic E-state index is 12.9. The van der Waals surface area contributed by atoms with Crippen molar-refractivity contribution in [3.63, 3.8) is 0 Å². The Labute approximate surface area is 195 Å². The first-order chi connectivity index (χ1) is 16.2. The fourth-order valence-corrected chi connectivity index (χ4v) is 6.87. The fraction of sp³-hybridized carbons (Fsp3) is 0.640. The molecule has 2 spiro atoms. The number of hydrogen-bond donors (Lipinski definition) is 1. The Balaban J connectivity index is 0.866. The van der Waals surface area contributed by atoms with E-state index in [2.05, 4.69) is 15.2 Å². The number of rotatable bonds is 3. The molecule has 5 aliphatic rings. The van der Waals surface area contributed by atoms with E-state index in [0.717, 1.165) is 69.1 Å². The fourth-order valence-electron chi connectivity index (χ4n) is 6.87. The first-order valence-electron chi connectivity index (χ1n) is 12.3. The van der Waals surface area contributed by atoms with E-state index >= 15 is 0 Å². The number of likely N-dealkylation sites (tertiary alicyclic amines) is 2. The number of aromatic amines is 1. The van der Waals surface area contributed by atoms with Crippen LogP contribution >= 0.6 is 0 Å². The van der Waals surface area contributed by atoms with Crippen molar-refractivity contribution in [1.82, 2.24) is 25.0 Å². The predicted octanol–water partition coefficient (Wildman–Crippen LogP) is 4.88. The Hall–Kier alpha value is -2.58. The minimum Gasteiger partial charge on any atom is -0.328 e. The van der Waals surface area contributed by atoms with Gasteiger partial charge in [-0.2, -0.15) is 13.2 Å². The van der Waals surface area contributed by atoms with Crippen molar-refractivity contribution in [2.75, 3.05) is 26.2 Å². The number of halogens is 3. The molecule has 7 rings (SSSR count). The Morgan fingerprint density at radius 1 is 0.824 bits per heavy atom. The minimum absolute atomic E-state index is 0.147. The molecule has 1 aromatic heterocycles. The number of urea groups is 1.